The third kappa shape index (κ3) is 2.70. The molecule has 84 valence electrons. The highest BCUT2D eigenvalue weighted by Gasteiger charge is 2.11. The van der Waals surface area contributed by atoms with Crippen molar-refractivity contribution in [2.75, 3.05) is 0 Å². The van der Waals surface area contributed by atoms with Crippen LogP contribution in [0, 0.1) is 5.82 Å². The van der Waals surface area contributed by atoms with Crippen molar-refractivity contribution in [2.24, 2.45) is 5.73 Å². The van der Waals surface area contributed by atoms with Crippen molar-refractivity contribution in [3.63, 3.8) is 0 Å². The van der Waals surface area contributed by atoms with E-state index in [-0.39, 0.29) is 11.9 Å². The van der Waals surface area contributed by atoms with Crippen LogP contribution in [0.4, 0.5) is 4.39 Å². The van der Waals surface area contributed by atoms with Crippen molar-refractivity contribution in [3.8, 4) is 0 Å². The molecule has 1 nitrogen and oxygen atoms in total. The third-order valence-electron chi connectivity index (χ3n) is 2.42. The van der Waals surface area contributed by atoms with Crippen LogP contribution in [0.5, 0.6) is 0 Å². The molecule has 1 aromatic carbocycles. The van der Waals surface area contributed by atoms with Gasteiger partial charge in [-0.25, -0.2) is 4.39 Å². The summed E-state index contributed by atoms with van der Waals surface area (Å²) in [7, 11) is 0. The van der Waals surface area contributed by atoms with Gasteiger partial charge in [0, 0.05) is 10.5 Å². The molecule has 0 fully saturated rings. The van der Waals surface area contributed by atoms with E-state index in [1.165, 1.54) is 6.07 Å². The number of hydrogen-bond acceptors (Lipinski definition) is 2. The first-order valence-electron chi connectivity index (χ1n) is 4.88. The van der Waals surface area contributed by atoms with Gasteiger partial charge in [0.2, 0.25) is 0 Å². The molecule has 0 amide bonds. The minimum atomic E-state index is -0.200. The number of benzene rings is 1. The summed E-state index contributed by atoms with van der Waals surface area (Å²) in [4.78, 5) is 0. The van der Waals surface area contributed by atoms with Gasteiger partial charge in [-0.3, -0.25) is 0 Å². The number of hydrogen-bond donors (Lipinski definition) is 1. The summed E-state index contributed by atoms with van der Waals surface area (Å²) < 4.78 is 14.4. The van der Waals surface area contributed by atoms with E-state index < -0.39 is 0 Å². The first-order chi connectivity index (χ1) is 7.66. The Bertz CT molecular complexity index is 470. The summed E-state index contributed by atoms with van der Waals surface area (Å²) in [6, 6.07) is 6.76. The summed E-state index contributed by atoms with van der Waals surface area (Å²) in [6.45, 7) is 0. The zero-order chi connectivity index (χ0) is 11.5. The maximum atomic E-state index is 13.5. The lowest BCUT2D eigenvalue weighted by atomic mass is 10.0. The van der Waals surface area contributed by atoms with Gasteiger partial charge in [0.1, 0.15) is 5.82 Å². The molecule has 1 unspecified atom stereocenters. The maximum Gasteiger partial charge on any atom is 0.126 e. The molecule has 1 aromatic heterocycles. The van der Waals surface area contributed by atoms with Crippen molar-refractivity contribution in [1.29, 1.82) is 0 Å². The minimum Gasteiger partial charge on any atom is -0.324 e. The lowest BCUT2D eigenvalue weighted by Gasteiger charge is -2.11. The van der Waals surface area contributed by atoms with Crippen LogP contribution in [0.25, 0.3) is 0 Å². The Morgan fingerprint density at radius 1 is 1.38 bits per heavy atom. The van der Waals surface area contributed by atoms with Crippen molar-refractivity contribution in [2.45, 2.75) is 12.5 Å². The molecule has 16 heavy (non-hydrogen) atoms. The van der Waals surface area contributed by atoms with E-state index in [4.69, 9.17) is 5.73 Å². The molecule has 2 aromatic rings. The van der Waals surface area contributed by atoms with Crippen molar-refractivity contribution < 1.29 is 4.39 Å². The van der Waals surface area contributed by atoms with Crippen LogP contribution in [-0.4, -0.2) is 0 Å². The van der Waals surface area contributed by atoms with E-state index in [9.17, 15) is 4.39 Å². The number of nitrogens with two attached hydrogens (primary N) is 1. The van der Waals surface area contributed by atoms with Crippen LogP contribution in [0.1, 0.15) is 17.2 Å². The van der Waals surface area contributed by atoms with Gasteiger partial charge in [-0.05, 0) is 52.6 Å². The first kappa shape index (κ1) is 11.8. The molecule has 2 rings (SSSR count). The van der Waals surface area contributed by atoms with Crippen LogP contribution in [0.2, 0.25) is 0 Å². The van der Waals surface area contributed by atoms with E-state index >= 15 is 0 Å². The van der Waals surface area contributed by atoms with E-state index in [0.717, 1.165) is 10.0 Å². The fraction of sp³-hybridized carbons (Fsp3) is 0.167. The largest absolute Gasteiger partial charge is 0.324 e. The van der Waals surface area contributed by atoms with E-state index in [2.05, 4.69) is 15.9 Å². The molecule has 0 bridgehead atoms. The molecule has 4 heteroatoms. The van der Waals surface area contributed by atoms with Gasteiger partial charge in [0.15, 0.2) is 0 Å². The van der Waals surface area contributed by atoms with Gasteiger partial charge in [0.25, 0.3) is 0 Å². The van der Waals surface area contributed by atoms with Crippen LogP contribution < -0.4 is 5.73 Å². The number of thiophene rings is 1. The quantitative estimate of drug-likeness (QED) is 0.914. The molecule has 2 N–H and O–H groups in total. The summed E-state index contributed by atoms with van der Waals surface area (Å²) in [6.07, 6.45) is 0.516. The molecule has 0 aliphatic rings. The van der Waals surface area contributed by atoms with Crippen molar-refractivity contribution >= 4 is 27.3 Å². The number of halogens is 2. The molecule has 0 aliphatic carbocycles. The molecule has 0 aliphatic heterocycles. The van der Waals surface area contributed by atoms with Gasteiger partial charge in [-0.1, -0.05) is 15.9 Å². The maximum absolute atomic E-state index is 13.5. The van der Waals surface area contributed by atoms with E-state index in [0.29, 0.717) is 12.0 Å². The van der Waals surface area contributed by atoms with E-state index in [1.54, 1.807) is 23.5 Å². The zero-order valence-corrected chi connectivity index (χ0v) is 10.9. The summed E-state index contributed by atoms with van der Waals surface area (Å²) in [5.74, 6) is -0.200. The Balaban J connectivity index is 2.17. The predicted octanol–water partition coefficient (Wildman–Crippen LogP) is 3.89. The Morgan fingerprint density at radius 2 is 2.19 bits per heavy atom. The summed E-state index contributed by atoms with van der Waals surface area (Å²) >= 11 is 4.93. The Hall–Kier alpha value is -0.710. The molecule has 0 saturated carbocycles. The highest BCUT2D eigenvalue weighted by molar-refractivity contribution is 9.10. The van der Waals surface area contributed by atoms with Gasteiger partial charge in [-0.15, -0.1) is 0 Å². The van der Waals surface area contributed by atoms with Gasteiger partial charge < -0.3 is 5.73 Å². The van der Waals surface area contributed by atoms with Crippen LogP contribution in [-0.2, 0) is 6.42 Å². The average molecular weight is 300 g/mol. The minimum absolute atomic E-state index is 0.143. The Labute approximate surface area is 106 Å². The highest BCUT2D eigenvalue weighted by Crippen LogP contribution is 2.22. The molecule has 1 heterocycles. The first-order valence-corrected chi connectivity index (χ1v) is 6.62. The summed E-state index contributed by atoms with van der Waals surface area (Å²) in [5.41, 5.74) is 7.72. The molecular weight excluding hydrogens is 289 g/mol. The fourth-order valence-corrected chi connectivity index (χ4v) is 2.67. The zero-order valence-electron chi connectivity index (χ0n) is 8.49. The average Bonchev–Trinajstić information content (AvgIpc) is 2.76. The SMILES string of the molecule is NC(Cc1cc(Br)ccc1F)c1ccsc1. The van der Waals surface area contributed by atoms with Gasteiger partial charge >= 0.3 is 0 Å². The van der Waals surface area contributed by atoms with Crippen LogP contribution in [0.3, 0.4) is 0 Å². The van der Waals surface area contributed by atoms with E-state index in [1.807, 2.05) is 16.8 Å². The number of rotatable bonds is 3. The summed E-state index contributed by atoms with van der Waals surface area (Å²) in [5, 5.41) is 3.98. The monoisotopic (exact) mass is 299 g/mol. The Kier molecular flexibility index (Phi) is 3.74. The molecule has 1 atom stereocenters. The van der Waals surface area contributed by atoms with Crippen molar-refractivity contribution in [1.82, 2.24) is 0 Å². The molecule has 0 radical (unpaired) electrons. The second kappa shape index (κ2) is 5.08. The fourth-order valence-electron chi connectivity index (χ4n) is 1.54. The van der Waals surface area contributed by atoms with Crippen molar-refractivity contribution in [3.05, 3.63) is 56.4 Å². The van der Waals surface area contributed by atoms with Crippen LogP contribution in [0.15, 0.2) is 39.5 Å². The molecular formula is C12H11BrFNS. The smallest absolute Gasteiger partial charge is 0.126 e. The van der Waals surface area contributed by atoms with Gasteiger partial charge in [0.05, 0.1) is 0 Å². The molecule has 0 saturated heterocycles. The normalized spacial score (nSPS) is 12.7. The second-order valence-electron chi connectivity index (χ2n) is 3.60. The molecule has 0 spiro atoms. The second-order valence-corrected chi connectivity index (χ2v) is 5.30. The van der Waals surface area contributed by atoms with Crippen LogP contribution >= 0.6 is 27.3 Å². The predicted molar refractivity (Wildman–Crippen MR) is 69.1 cm³/mol. The lowest BCUT2D eigenvalue weighted by molar-refractivity contribution is 0.593. The standard InChI is InChI=1S/C12H11BrFNS/c13-10-1-2-11(14)9(5-10)6-12(15)8-3-4-16-7-8/h1-5,7,12H,6,15H2. The topological polar surface area (TPSA) is 26.0 Å². The van der Waals surface area contributed by atoms with Gasteiger partial charge in [-0.2, -0.15) is 11.3 Å². The third-order valence-corrected chi connectivity index (χ3v) is 3.61. The lowest BCUT2D eigenvalue weighted by Crippen LogP contribution is -2.13. The highest BCUT2D eigenvalue weighted by atomic mass is 79.9. The Morgan fingerprint density at radius 3 is 2.88 bits per heavy atom.